The molecule has 0 unspecified atom stereocenters. The van der Waals surface area contributed by atoms with Gasteiger partial charge in [0, 0.05) is 29.7 Å². The maximum Gasteiger partial charge on any atom is 0.179 e. The second-order valence-electron chi connectivity index (χ2n) is 12.2. The van der Waals surface area contributed by atoms with Crippen molar-refractivity contribution >= 4 is 0 Å². The molecule has 33 heavy (non-hydrogen) atoms. The first-order valence-corrected chi connectivity index (χ1v) is 12.4. The van der Waals surface area contributed by atoms with Crippen LogP contribution < -0.4 is 4.74 Å². The first-order chi connectivity index (χ1) is 15.3. The van der Waals surface area contributed by atoms with Crippen molar-refractivity contribution in [1.29, 1.82) is 0 Å². The highest BCUT2D eigenvalue weighted by Gasteiger charge is 2.85. The van der Waals surface area contributed by atoms with E-state index >= 15 is 0 Å². The Morgan fingerprint density at radius 2 is 1.94 bits per heavy atom. The third kappa shape index (κ3) is 2.88. The standard InChI is InChI=1S/C28H40O5/c1-17(9-10-19-14-20(31-7)13-18(2)22(19)29)15-28-23-25(5)11-8-12-26(25,6)27(23,30)16-21(32-28)24(3,4)33-28/h9,13-14,21,23,29-30H,8,10-12,15-16H2,1-7H3/t21-,23+,25+,26+,27-,28-/m1/s1. The van der Waals surface area contributed by atoms with Crippen molar-refractivity contribution in [3.63, 3.8) is 0 Å². The van der Waals surface area contributed by atoms with Crippen LogP contribution in [0.15, 0.2) is 23.8 Å². The van der Waals surface area contributed by atoms with Crippen LogP contribution in [-0.2, 0) is 15.9 Å². The van der Waals surface area contributed by atoms with E-state index < -0.39 is 17.0 Å². The second-order valence-corrected chi connectivity index (χ2v) is 12.2. The highest BCUT2D eigenvalue weighted by atomic mass is 16.8. The number of phenols is 1. The summed E-state index contributed by atoms with van der Waals surface area (Å²) < 4.78 is 18.9. The Labute approximate surface area is 198 Å². The van der Waals surface area contributed by atoms with Gasteiger partial charge in [-0.25, -0.2) is 0 Å². The maximum atomic E-state index is 12.1. The van der Waals surface area contributed by atoms with Gasteiger partial charge in [0.1, 0.15) is 11.5 Å². The fourth-order valence-electron chi connectivity index (χ4n) is 8.13. The molecular weight excluding hydrogens is 416 g/mol. The van der Waals surface area contributed by atoms with Crippen molar-refractivity contribution in [3.8, 4) is 11.5 Å². The normalized spacial score (nSPS) is 43.1. The monoisotopic (exact) mass is 456 g/mol. The SMILES string of the molecule is COc1cc(C)c(O)c(CC=C(C)C[C@]23O[C@H](C[C@@]4(O)[C@@H]2[C@]2(C)CCC[C@@]24C)C(C)(C)O3)c1. The average Bonchev–Trinajstić information content (AvgIpc) is 3.11. The smallest absolute Gasteiger partial charge is 0.179 e. The van der Waals surface area contributed by atoms with Gasteiger partial charge in [0.15, 0.2) is 5.79 Å². The van der Waals surface area contributed by atoms with Crippen LogP contribution in [0.25, 0.3) is 0 Å². The van der Waals surface area contributed by atoms with Crippen molar-refractivity contribution in [2.24, 2.45) is 16.7 Å². The Kier molecular flexibility index (Phi) is 4.91. The summed E-state index contributed by atoms with van der Waals surface area (Å²) in [4.78, 5) is 0. The maximum absolute atomic E-state index is 12.1. The zero-order chi connectivity index (χ0) is 24.0. The zero-order valence-electron chi connectivity index (χ0n) is 21.2. The first-order valence-electron chi connectivity index (χ1n) is 12.4. The fourth-order valence-corrected chi connectivity index (χ4v) is 8.13. The summed E-state index contributed by atoms with van der Waals surface area (Å²) in [7, 11) is 1.64. The summed E-state index contributed by atoms with van der Waals surface area (Å²) in [5, 5.41) is 22.7. The van der Waals surface area contributed by atoms with Crippen LogP contribution in [0.5, 0.6) is 11.5 Å². The molecule has 0 aromatic heterocycles. The highest BCUT2D eigenvalue weighted by molar-refractivity contribution is 5.46. The Hall–Kier alpha value is -1.56. The first kappa shape index (κ1) is 23.2. The highest BCUT2D eigenvalue weighted by Crippen LogP contribution is 2.81. The van der Waals surface area contributed by atoms with Gasteiger partial charge in [0.2, 0.25) is 0 Å². The number of aliphatic hydroxyl groups is 1. The summed E-state index contributed by atoms with van der Waals surface area (Å²) in [5.74, 6) is 0.205. The number of benzene rings is 1. The molecule has 2 aliphatic carbocycles. The van der Waals surface area contributed by atoms with Gasteiger partial charge < -0.3 is 24.4 Å². The quantitative estimate of drug-likeness (QED) is 0.578. The molecule has 2 aliphatic heterocycles. The van der Waals surface area contributed by atoms with Gasteiger partial charge in [-0.05, 0) is 70.1 Å². The lowest BCUT2D eigenvalue weighted by atomic mass is 9.34. The molecule has 4 aliphatic rings. The van der Waals surface area contributed by atoms with Crippen LogP contribution in [0.4, 0.5) is 0 Å². The summed E-state index contributed by atoms with van der Waals surface area (Å²) >= 11 is 0. The molecular formula is C28H40O5. The lowest BCUT2D eigenvalue weighted by Crippen LogP contribution is -2.80. The summed E-state index contributed by atoms with van der Waals surface area (Å²) in [6.07, 6.45) is 7.24. The minimum atomic E-state index is -0.813. The van der Waals surface area contributed by atoms with Gasteiger partial charge in [-0.1, -0.05) is 31.9 Å². The number of hydrogen-bond donors (Lipinski definition) is 2. The molecule has 5 heteroatoms. The fraction of sp³-hybridized carbons (Fsp3) is 0.714. The van der Waals surface area contributed by atoms with E-state index in [0.717, 1.165) is 41.7 Å². The molecule has 5 nitrogen and oxygen atoms in total. The average molecular weight is 457 g/mol. The Bertz CT molecular complexity index is 1010. The van der Waals surface area contributed by atoms with Crippen molar-refractivity contribution in [1.82, 2.24) is 0 Å². The van der Waals surface area contributed by atoms with Crippen LogP contribution in [0.3, 0.4) is 0 Å². The van der Waals surface area contributed by atoms with Crippen LogP contribution in [-0.4, -0.2) is 40.4 Å². The number of aryl methyl sites for hydroxylation is 1. The van der Waals surface area contributed by atoms with Gasteiger partial charge in [-0.2, -0.15) is 0 Å². The number of methoxy groups -OCH3 is 1. The number of phenolic OH excluding ortho intramolecular Hbond substituents is 1. The number of hydrogen-bond acceptors (Lipinski definition) is 5. The van der Waals surface area contributed by atoms with E-state index in [4.69, 9.17) is 14.2 Å². The van der Waals surface area contributed by atoms with Crippen LogP contribution in [0.2, 0.25) is 0 Å². The minimum Gasteiger partial charge on any atom is -0.507 e. The Balaban J connectivity index is 1.46. The predicted molar refractivity (Wildman–Crippen MR) is 127 cm³/mol. The van der Waals surface area contributed by atoms with E-state index in [1.807, 2.05) is 19.1 Å². The van der Waals surface area contributed by atoms with E-state index in [1.165, 1.54) is 0 Å². The molecule has 1 aromatic carbocycles. The summed E-state index contributed by atoms with van der Waals surface area (Å²) in [6.45, 7) is 12.8. The van der Waals surface area contributed by atoms with E-state index in [1.54, 1.807) is 7.11 Å². The number of allylic oxidation sites excluding steroid dienone is 1. The van der Waals surface area contributed by atoms with E-state index in [2.05, 4.69) is 40.7 Å². The van der Waals surface area contributed by atoms with Crippen LogP contribution >= 0.6 is 0 Å². The lowest BCUT2D eigenvalue weighted by molar-refractivity contribution is -0.407. The molecule has 4 fully saturated rings. The van der Waals surface area contributed by atoms with E-state index in [9.17, 15) is 10.2 Å². The molecule has 2 bridgehead atoms. The molecule has 0 radical (unpaired) electrons. The molecule has 1 aromatic rings. The topological polar surface area (TPSA) is 68.2 Å². The second kappa shape index (κ2) is 6.99. The van der Waals surface area contributed by atoms with Crippen LogP contribution in [0, 0.1) is 23.7 Å². The lowest BCUT2D eigenvalue weighted by Gasteiger charge is -2.74. The number of ether oxygens (including phenoxy) is 3. The van der Waals surface area contributed by atoms with Gasteiger partial charge >= 0.3 is 0 Å². The Morgan fingerprint density at radius 3 is 2.64 bits per heavy atom. The molecule has 0 spiro atoms. The van der Waals surface area contributed by atoms with Crippen molar-refractivity contribution < 1.29 is 24.4 Å². The van der Waals surface area contributed by atoms with Gasteiger partial charge in [-0.15, -0.1) is 0 Å². The molecule has 2 saturated heterocycles. The Morgan fingerprint density at radius 1 is 1.21 bits per heavy atom. The van der Waals surface area contributed by atoms with Gasteiger partial charge in [-0.3, -0.25) is 0 Å². The third-order valence-corrected chi connectivity index (χ3v) is 9.98. The molecule has 2 heterocycles. The molecule has 182 valence electrons. The zero-order valence-corrected chi connectivity index (χ0v) is 21.2. The van der Waals surface area contributed by atoms with E-state index in [0.29, 0.717) is 25.0 Å². The summed E-state index contributed by atoms with van der Waals surface area (Å²) in [5.41, 5.74) is 1.54. The van der Waals surface area contributed by atoms with Crippen molar-refractivity contribution in [3.05, 3.63) is 34.9 Å². The number of fused-ring (bicyclic) bond motifs is 7. The van der Waals surface area contributed by atoms with Gasteiger partial charge in [0.05, 0.1) is 24.4 Å². The minimum absolute atomic E-state index is 0.00952. The van der Waals surface area contributed by atoms with Gasteiger partial charge in [0.25, 0.3) is 0 Å². The number of aromatic hydroxyl groups is 1. The van der Waals surface area contributed by atoms with E-state index in [-0.39, 0.29) is 22.9 Å². The number of rotatable bonds is 5. The molecule has 5 rings (SSSR count). The van der Waals surface area contributed by atoms with Crippen molar-refractivity contribution in [2.45, 2.75) is 103 Å². The largest absolute Gasteiger partial charge is 0.507 e. The van der Waals surface area contributed by atoms with Crippen molar-refractivity contribution in [2.75, 3.05) is 7.11 Å². The summed E-state index contributed by atoms with van der Waals surface area (Å²) in [6, 6.07) is 3.73. The van der Waals surface area contributed by atoms with Crippen LogP contribution in [0.1, 0.15) is 77.8 Å². The molecule has 2 N–H and O–H groups in total. The third-order valence-electron chi connectivity index (χ3n) is 9.98. The predicted octanol–water partition coefficient (Wildman–Crippen LogP) is 5.44. The molecule has 0 amide bonds. The molecule has 2 saturated carbocycles. The molecule has 6 atom stereocenters.